The van der Waals surface area contributed by atoms with Gasteiger partial charge < -0.3 is 10.4 Å². The van der Waals surface area contributed by atoms with Crippen molar-refractivity contribution in [2.45, 2.75) is 6.92 Å². The Labute approximate surface area is 78.6 Å². The molecule has 0 aliphatic rings. The number of rotatable bonds is 1. The zero-order valence-electron chi connectivity index (χ0n) is 7.89. The van der Waals surface area contributed by atoms with E-state index in [0.29, 0.717) is 12.3 Å². The third-order valence-electron chi connectivity index (χ3n) is 1.71. The summed E-state index contributed by atoms with van der Waals surface area (Å²) in [5.41, 5.74) is 1.72. The van der Waals surface area contributed by atoms with Gasteiger partial charge in [0.1, 0.15) is 5.75 Å². The molecule has 2 N–H and O–H groups in total. The average Bonchev–Trinajstić information content (AvgIpc) is 2.12. The van der Waals surface area contributed by atoms with E-state index >= 15 is 0 Å². The molecule has 0 heterocycles. The van der Waals surface area contributed by atoms with E-state index in [0.717, 1.165) is 11.1 Å². The predicted molar refractivity (Wildman–Crippen MR) is 53.6 cm³/mol. The van der Waals surface area contributed by atoms with E-state index < -0.39 is 0 Å². The number of hydrogen-bond acceptors (Lipinski definition) is 2. The standard InChI is InChI=1S/C11H13NO/c1-9-5-6-10(8-11(9)13)4-3-7-12-2/h5-6,8,12-13H,7H2,1-2H3. The van der Waals surface area contributed by atoms with Crippen LogP contribution in [-0.4, -0.2) is 18.7 Å². The molecule has 0 radical (unpaired) electrons. The first-order valence-corrected chi connectivity index (χ1v) is 4.17. The van der Waals surface area contributed by atoms with Crippen LogP contribution >= 0.6 is 0 Å². The molecule has 0 saturated heterocycles. The number of hydrogen-bond donors (Lipinski definition) is 2. The topological polar surface area (TPSA) is 32.3 Å². The molecule has 1 aromatic carbocycles. The molecular formula is C11H13NO. The number of benzene rings is 1. The molecule has 1 rings (SSSR count). The number of phenols is 1. The van der Waals surface area contributed by atoms with Crippen LogP contribution in [0.1, 0.15) is 11.1 Å². The van der Waals surface area contributed by atoms with E-state index in [4.69, 9.17) is 0 Å². The summed E-state index contributed by atoms with van der Waals surface area (Å²) in [4.78, 5) is 0. The molecule has 2 nitrogen and oxygen atoms in total. The lowest BCUT2D eigenvalue weighted by molar-refractivity contribution is 0.471. The lowest BCUT2D eigenvalue weighted by atomic mass is 10.1. The van der Waals surface area contributed by atoms with Gasteiger partial charge in [-0.1, -0.05) is 17.9 Å². The van der Waals surface area contributed by atoms with Crippen molar-refractivity contribution in [3.05, 3.63) is 29.3 Å². The quantitative estimate of drug-likeness (QED) is 0.630. The van der Waals surface area contributed by atoms with Crippen molar-refractivity contribution >= 4 is 0 Å². The van der Waals surface area contributed by atoms with Gasteiger partial charge in [-0.3, -0.25) is 0 Å². The third-order valence-corrected chi connectivity index (χ3v) is 1.71. The second kappa shape index (κ2) is 4.54. The largest absolute Gasteiger partial charge is 0.508 e. The highest BCUT2D eigenvalue weighted by Gasteiger charge is 1.94. The molecule has 0 unspecified atom stereocenters. The molecular weight excluding hydrogens is 162 g/mol. The zero-order chi connectivity index (χ0) is 9.68. The molecule has 0 saturated carbocycles. The van der Waals surface area contributed by atoms with Crippen molar-refractivity contribution in [2.24, 2.45) is 0 Å². The average molecular weight is 175 g/mol. The molecule has 0 amide bonds. The van der Waals surface area contributed by atoms with E-state index in [2.05, 4.69) is 17.2 Å². The van der Waals surface area contributed by atoms with Crippen LogP contribution in [0.15, 0.2) is 18.2 Å². The molecule has 0 bridgehead atoms. The van der Waals surface area contributed by atoms with E-state index in [1.54, 1.807) is 6.07 Å². The molecule has 1 aromatic rings. The fourth-order valence-electron chi connectivity index (χ4n) is 0.922. The third kappa shape index (κ3) is 2.81. The fraction of sp³-hybridized carbons (Fsp3) is 0.273. The van der Waals surface area contributed by atoms with Crippen LogP contribution in [0, 0.1) is 18.8 Å². The molecule has 0 aromatic heterocycles. The molecule has 0 aliphatic heterocycles. The summed E-state index contributed by atoms with van der Waals surface area (Å²) >= 11 is 0. The minimum Gasteiger partial charge on any atom is -0.508 e. The first-order chi connectivity index (χ1) is 6.24. The molecule has 0 spiro atoms. The molecule has 0 atom stereocenters. The van der Waals surface area contributed by atoms with E-state index in [1.165, 1.54) is 0 Å². The Morgan fingerprint density at radius 2 is 2.23 bits per heavy atom. The van der Waals surface area contributed by atoms with Crippen LogP contribution in [0.2, 0.25) is 0 Å². The van der Waals surface area contributed by atoms with Crippen LogP contribution in [0.3, 0.4) is 0 Å². The summed E-state index contributed by atoms with van der Waals surface area (Å²) in [5.74, 6) is 6.17. The molecule has 68 valence electrons. The van der Waals surface area contributed by atoms with Gasteiger partial charge in [0.2, 0.25) is 0 Å². The Bertz CT molecular complexity index is 347. The Kier molecular flexibility index (Phi) is 3.36. The highest BCUT2D eigenvalue weighted by atomic mass is 16.3. The maximum atomic E-state index is 9.37. The van der Waals surface area contributed by atoms with Gasteiger partial charge >= 0.3 is 0 Å². The summed E-state index contributed by atoms with van der Waals surface area (Å²) in [6.45, 7) is 2.52. The van der Waals surface area contributed by atoms with Crippen molar-refractivity contribution in [3.63, 3.8) is 0 Å². The molecule has 13 heavy (non-hydrogen) atoms. The number of phenolic OH excluding ortho intramolecular Hbond substituents is 1. The van der Waals surface area contributed by atoms with Gasteiger partial charge in [-0.15, -0.1) is 0 Å². The highest BCUT2D eigenvalue weighted by molar-refractivity contribution is 5.43. The number of aromatic hydroxyl groups is 1. The number of nitrogens with one attached hydrogen (secondary N) is 1. The van der Waals surface area contributed by atoms with Gasteiger partial charge in [0.15, 0.2) is 0 Å². The van der Waals surface area contributed by atoms with Gasteiger partial charge in [0.25, 0.3) is 0 Å². The number of aryl methyl sites for hydroxylation is 1. The summed E-state index contributed by atoms with van der Waals surface area (Å²) in [7, 11) is 1.85. The monoisotopic (exact) mass is 175 g/mol. The van der Waals surface area contributed by atoms with Gasteiger partial charge in [0, 0.05) is 5.56 Å². The smallest absolute Gasteiger partial charge is 0.119 e. The van der Waals surface area contributed by atoms with Gasteiger partial charge in [-0.2, -0.15) is 0 Å². The van der Waals surface area contributed by atoms with Crippen molar-refractivity contribution in [1.82, 2.24) is 5.32 Å². The van der Waals surface area contributed by atoms with Crippen molar-refractivity contribution in [3.8, 4) is 17.6 Å². The van der Waals surface area contributed by atoms with Crippen LogP contribution in [0.25, 0.3) is 0 Å². The SMILES string of the molecule is CNCC#Cc1ccc(C)c(O)c1. The summed E-state index contributed by atoms with van der Waals surface area (Å²) in [6.07, 6.45) is 0. The second-order valence-electron chi connectivity index (χ2n) is 2.83. The Hall–Kier alpha value is -1.46. The Balaban J connectivity index is 2.81. The van der Waals surface area contributed by atoms with Crippen molar-refractivity contribution < 1.29 is 5.11 Å². The maximum Gasteiger partial charge on any atom is 0.119 e. The van der Waals surface area contributed by atoms with Crippen molar-refractivity contribution in [1.29, 1.82) is 0 Å². The molecule has 2 heteroatoms. The van der Waals surface area contributed by atoms with E-state index in [-0.39, 0.29) is 0 Å². The molecule has 0 fully saturated rings. The lowest BCUT2D eigenvalue weighted by Gasteiger charge is -1.97. The Morgan fingerprint density at radius 1 is 1.46 bits per heavy atom. The van der Waals surface area contributed by atoms with Gasteiger partial charge in [-0.05, 0) is 31.7 Å². The van der Waals surface area contributed by atoms with Crippen LogP contribution < -0.4 is 5.32 Å². The minimum absolute atomic E-state index is 0.302. The van der Waals surface area contributed by atoms with Crippen LogP contribution in [0.5, 0.6) is 5.75 Å². The first-order valence-electron chi connectivity index (χ1n) is 4.17. The lowest BCUT2D eigenvalue weighted by Crippen LogP contribution is -2.04. The highest BCUT2D eigenvalue weighted by Crippen LogP contribution is 2.16. The minimum atomic E-state index is 0.302. The summed E-state index contributed by atoms with van der Waals surface area (Å²) in [5, 5.41) is 12.3. The summed E-state index contributed by atoms with van der Waals surface area (Å²) in [6, 6.07) is 5.44. The summed E-state index contributed by atoms with van der Waals surface area (Å²) < 4.78 is 0. The normalized spacial score (nSPS) is 9.08. The predicted octanol–water partition coefficient (Wildman–Crippen LogP) is 1.27. The van der Waals surface area contributed by atoms with Gasteiger partial charge in [-0.25, -0.2) is 0 Å². The fourth-order valence-corrected chi connectivity index (χ4v) is 0.922. The molecule has 0 aliphatic carbocycles. The first kappa shape index (κ1) is 9.63. The second-order valence-corrected chi connectivity index (χ2v) is 2.83. The van der Waals surface area contributed by atoms with Crippen molar-refractivity contribution in [2.75, 3.05) is 13.6 Å². The van der Waals surface area contributed by atoms with Crippen LogP contribution in [0.4, 0.5) is 0 Å². The Morgan fingerprint density at radius 3 is 2.85 bits per heavy atom. The van der Waals surface area contributed by atoms with E-state index in [9.17, 15) is 5.11 Å². The zero-order valence-corrected chi connectivity index (χ0v) is 7.89. The van der Waals surface area contributed by atoms with Gasteiger partial charge in [0.05, 0.1) is 6.54 Å². The van der Waals surface area contributed by atoms with E-state index in [1.807, 2.05) is 26.1 Å². The van der Waals surface area contributed by atoms with Crippen LogP contribution in [-0.2, 0) is 0 Å². The maximum absolute atomic E-state index is 9.37.